The number of para-hydroxylation sites is 2. The zero-order valence-corrected chi connectivity index (χ0v) is 14.2. The molecule has 5 nitrogen and oxygen atoms in total. The summed E-state index contributed by atoms with van der Waals surface area (Å²) in [4.78, 5) is 6.82. The highest BCUT2D eigenvalue weighted by molar-refractivity contribution is 5.74. The summed E-state index contributed by atoms with van der Waals surface area (Å²) in [7, 11) is 2.18. The molecule has 23 heavy (non-hydrogen) atoms. The Bertz CT molecular complexity index is 771. The van der Waals surface area contributed by atoms with E-state index in [-0.39, 0.29) is 0 Å². The summed E-state index contributed by atoms with van der Waals surface area (Å²) in [5.74, 6) is 0. The zero-order valence-electron chi connectivity index (χ0n) is 14.2. The lowest BCUT2D eigenvalue weighted by atomic mass is 10.3. The average Bonchev–Trinajstić information content (AvgIpc) is 3.08. The second-order valence-corrected chi connectivity index (χ2v) is 6.23. The first-order valence-electron chi connectivity index (χ1n) is 8.23. The Labute approximate surface area is 137 Å². The first-order valence-corrected chi connectivity index (χ1v) is 8.23. The van der Waals surface area contributed by atoms with Crippen LogP contribution >= 0.6 is 0 Å². The summed E-state index contributed by atoms with van der Waals surface area (Å²) >= 11 is 0. The van der Waals surface area contributed by atoms with Crippen molar-refractivity contribution in [1.82, 2.24) is 24.2 Å². The van der Waals surface area contributed by atoms with E-state index in [0.717, 1.165) is 43.8 Å². The number of rotatable bonds is 7. The van der Waals surface area contributed by atoms with E-state index < -0.39 is 0 Å². The molecule has 0 radical (unpaired) electrons. The highest BCUT2D eigenvalue weighted by atomic mass is 15.3. The molecule has 0 bridgehead atoms. The molecule has 3 aromatic rings. The van der Waals surface area contributed by atoms with Gasteiger partial charge in [0.2, 0.25) is 0 Å². The number of fused-ring (bicyclic) bond motifs is 1. The maximum Gasteiger partial charge on any atom is 0.0958 e. The van der Waals surface area contributed by atoms with Crippen molar-refractivity contribution >= 4 is 11.0 Å². The molecule has 0 aliphatic heterocycles. The van der Waals surface area contributed by atoms with Gasteiger partial charge in [0.05, 0.1) is 23.1 Å². The summed E-state index contributed by atoms with van der Waals surface area (Å²) in [5.41, 5.74) is 4.63. The maximum atomic E-state index is 4.51. The smallest absolute Gasteiger partial charge is 0.0958 e. The molecule has 0 aliphatic carbocycles. The summed E-state index contributed by atoms with van der Waals surface area (Å²) in [6.07, 6.45) is 3.05. The lowest BCUT2D eigenvalue weighted by molar-refractivity contribution is 0.306. The van der Waals surface area contributed by atoms with Gasteiger partial charge in [-0.05, 0) is 52.1 Å². The van der Waals surface area contributed by atoms with Crippen LogP contribution in [0.2, 0.25) is 0 Å². The van der Waals surface area contributed by atoms with Gasteiger partial charge in [-0.15, -0.1) is 0 Å². The monoisotopic (exact) mass is 311 g/mol. The number of nitrogens with zero attached hydrogens (tertiary/aromatic N) is 5. The second-order valence-electron chi connectivity index (χ2n) is 6.23. The third-order valence-electron chi connectivity index (χ3n) is 4.26. The van der Waals surface area contributed by atoms with Gasteiger partial charge in [0.1, 0.15) is 0 Å². The second kappa shape index (κ2) is 6.96. The van der Waals surface area contributed by atoms with Gasteiger partial charge in [0.15, 0.2) is 0 Å². The molecule has 0 atom stereocenters. The molecule has 0 amide bonds. The molecule has 122 valence electrons. The number of imidazole rings is 1. The fourth-order valence-electron chi connectivity index (χ4n) is 2.97. The third-order valence-corrected chi connectivity index (χ3v) is 4.26. The summed E-state index contributed by atoms with van der Waals surface area (Å²) < 4.78 is 4.33. The molecular weight excluding hydrogens is 286 g/mol. The normalized spacial score (nSPS) is 11.7. The summed E-state index contributed by atoms with van der Waals surface area (Å²) in [6, 6.07) is 10.4. The Morgan fingerprint density at radius 3 is 2.70 bits per heavy atom. The van der Waals surface area contributed by atoms with Crippen LogP contribution in [0, 0.1) is 13.8 Å². The van der Waals surface area contributed by atoms with Crippen LogP contribution in [0.5, 0.6) is 0 Å². The lowest BCUT2D eigenvalue weighted by Crippen LogP contribution is -2.25. The van der Waals surface area contributed by atoms with Crippen molar-refractivity contribution in [2.75, 3.05) is 20.1 Å². The van der Waals surface area contributed by atoms with Gasteiger partial charge in [0.25, 0.3) is 0 Å². The molecule has 2 heterocycles. The summed E-state index contributed by atoms with van der Waals surface area (Å²) in [6.45, 7) is 8.22. The minimum Gasteiger partial charge on any atom is -0.329 e. The molecule has 0 N–H and O–H groups in total. The molecule has 5 heteroatoms. The van der Waals surface area contributed by atoms with E-state index >= 15 is 0 Å². The fraction of sp³-hybridized carbons (Fsp3) is 0.444. The molecule has 0 unspecified atom stereocenters. The van der Waals surface area contributed by atoms with E-state index in [2.05, 4.69) is 62.5 Å². The molecule has 1 aromatic carbocycles. The molecule has 2 aromatic heterocycles. The Balaban J connectivity index is 1.46. The fourth-order valence-corrected chi connectivity index (χ4v) is 2.97. The Hall–Kier alpha value is -2.14. The molecule has 0 saturated heterocycles. The van der Waals surface area contributed by atoms with Gasteiger partial charge in [-0.25, -0.2) is 4.98 Å². The highest BCUT2D eigenvalue weighted by Crippen LogP contribution is 2.11. The van der Waals surface area contributed by atoms with Gasteiger partial charge in [-0.1, -0.05) is 12.1 Å². The average molecular weight is 311 g/mol. The first-order chi connectivity index (χ1) is 11.1. The van der Waals surface area contributed by atoms with Crippen LogP contribution in [-0.2, 0) is 13.1 Å². The van der Waals surface area contributed by atoms with Crippen LogP contribution < -0.4 is 0 Å². The van der Waals surface area contributed by atoms with Crippen LogP contribution in [0.3, 0.4) is 0 Å². The van der Waals surface area contributed by atoms with Crippen LogP contribution in [-0.4, -0.2) is 44.4 Å². The number of likely N-dealkylation sites (N-methyl/N-ethyl adjacent to an activating group) is 1. The third kappa shape index (κ3) is 3.79. The quantitative estimate of drug-likeness (QED) is 0.673. The van der Waals surface area contributed by atoms with Crippen molar-refractivity contribution in [3.63, 3.8) is 0 Å². The van der Waals surface area contributed by atoms with Crippen molar-refractivity contribution in [3.05, 3.63) is 48.0 Å². The van der Waals surface area contributed by atoms with Gasteiger partial charge < -0.3 is 9.47 Å². The highest BCUT2D eigenvalue weighted by Gasteiger charge is 2.05. The predicted octanol–water partition coefficient (Wildman–Crippen LogP) is 2.87. The SMILES string of the molecule is Cc1cc(C)n(CCCN(C)CCn2cnc3ccccc32)n1. The Morgan fingerprint density at radius 2 is 1.91 bits per heavy atom. The predicted molar refractivity (Wildman–Crippen MR) is 93.5 cm³/mol. The molecule has 0 saturated carbocycles. The van der Waals surface area contributed by atoms with E-state index in [1.54, 1.807) is 0 Å². The van der Waals surface area contributed by atoms with Crippen molar-refractivity contribution in [3.8, 4) is 0 Å². The number of benzene rings is 1. The largest absolute Gasteiger partial charge is 0.329 e. The molecule has 0 aliphatic rings. The first kappa shape index (κ1) is 15.7. The molecule has 3 rings (SSSR count). The van der Waals surface area contributed by atoms with E-state index in [9.17, 15) is 0 Å². The van der Waals surface area contributed by atoms with Gasteiger partial charge in [0, 0.05) is 25.3 Å². The van der Waals surface area contributed by atoms with Crippen molar-refractivity contribution in [2.24, 2.45) is 0 Å². The minimum atomic E-state index is 0.969. The van der Waals surface area contributed by atoms with E-state index in [4.69, 9.17) is 0 Å². The number of hydrogen-bond acceptors (Lipinski definition) is 3. The van der Waals surface area contributed by atoms with Gasteiger partial charge >= 0.3 is 0 Å². The van der Waals surface area contributed by atoms with Crippen LogP contribution in [0.15, 0.2) is 36.7 Å². The topological polar surface area (TPSA) is 38.9 Å². The number of hydrogen-bond donors (Lipinski definition) is 0. The van der Waals surface area contributed by atoms with Crippen LogP contribution in [0.1, 0.15) is 17.8 Å². The van der Waals surface area contributed by atoms with E-state index in [0.29, 0.717) is 0 Å². The summed E-state index contributed by atoms with van der Waals surface area (Å²) in [5, 5.41) is 4.51. The molecule has 0 fully saturated rings. The van der Waals surface area contributed by atoms with Gasteiger partial charge in [-0.2, -0.15) is 5.10 Å². The standard InChI is InChI=1S/C18H25N5/c1-15-13-16(2)23(20-15)10-6-9-21(3)11-12-22-14-19-17-7-4-5-8-18(17)22/h4-5,7-8,13-14H,6,9-12H2,1-3H3. The van der Waals surface area contributed by atoms with Crippen LogP contribution in [0.25, 0.3) is 11.0 Å². The maximum absolute atomic E-state index is 4.51. The van der Waals surface area contributed by atoms with E-state index in [1.165, 1.54) is 11.2 Å². The number of aromatic nitrogens is 4. The molecule has 0 spiro atoms. The number of aryl methyl sites for hydroxylation is 3. The Morgan fingerprint density at radius 1 is 1.09 bits per heavy atom. The minimum absolute atomic E-state index is 0.969. The van der Waals surface area contributed by atoms with Crippen molar-refractivity contribution < 1.29 is 0 Å². The van der Waals surface area contributed by atoms with Crippen molar-refractivity contribution in [2.45, 2.75) is 33.4 Å². The van der Waals surface area contributed by atoms with Crippen LogP contribution in [0.4, 0.5) is 0 Å². The molecular formula is C18H25N5. The van der Waals surface area contributed by atoms with Gasteiger partial charge in [-0.3, -0.25) is 4.68 Å². The lowest BCUT2D eigenvalue weighted by Gasteiger charge is -2.17. The van der Waals surface area contributed by atoms with E-state index in [1.807, 2.05) is 19.3 Å². The Kier molecular flexibility index (Phi) is 4.76. The van der Waals surface area contributed by atoms with Crippen molar-refractivity contribution in [1.29, 1.82) is 0 Å². The zero-order chi connectivity index (χ0) is 16.2.